The van der Waals surface area contributed by atoms with Gasteiger partial charge in [-0.05, 0) is 30.3 Å². The van der Waals surface area contributed by atoms with Gasteiger partial charge >= 0.3 is 0 Å². The van der Waals surface area contributed by atoms with Crippen molar-refractivity contribution >= 4 is 5.91 Å². The number of rotatable bonds is 5. The first-order valence-electron chi connectivity index (χ1n) is 8.35. The average molecular weight is 341 g/mol. The maximum atomic E-state index is 12.5. The van der Waals surface area contributed by atoms with E-state index < -0.39 is 0 Å². The molecule has 132 valence electrons. The Balaban J connectivity index is 1.60. The third-order valence-electron chi connectivity index (χ3n) is 4.43. The van der Waals surface area contributed by atoms with Gasteiger partial charge in [0.2, 0.25) is 0 Å². The third-order valence-corrected chi connectivity index (χ3v) is 4.43. The molecule has 1 amide bonds. The molecule has 1 aromatic carbocycles. The lowest BCUT2D eigenvalue weighted by molar-refractivity contribution is 0.0621. The Hall–Kier alpha value is -2.60. The minimum absolute atomic E-state index is 0.000731. The first kappa shape index (κ1) is 17.2. The van der Waals surface area contributed by atoms with Crippen molar-refractivity contribution in [2.24, 2.45) is 0 Å². The summed E-state index contributed by atoms with van der Waals surface area (Å²) in [6.45, 7) is 3.80. The molecule has 0 bridgehead atoms. The number of carbonyl (C=O) groups excluding carboxylic acids is 1. The summed E-state index contributed by atoms with van der Waals surface area (Å²) in [5.74, 6) is 1.67. The van der Waals surface area contributed by atoms with Crippen LogP contribution in [0.1, 0.15) is 16.1 Å². The van der Waals surface area contributed by atoms with Crippen LogP contribution in [0.4, 0.5) is 0 Å². The Morgan fingerprint density at radius 1 is 1.08 bits per heavy atom. The lowest BCUT2D eigenvalue weighted by Crippen LogP contribution is -2.48. The second kappa shape index (κ2) is 7.98. The van der Waals surface area contributed by atoms with Gasteiger partial charge in [-0.1, -0.05) is 6.07 Å². The largest absolute Gasteiger partial charge is 0.497 e. The zero-order valence-electron chi connectivity index (χ0n) is 14.6. The first-order valence-corrected chi connectivity index (χ1v) is 8.35. The van der Waals surface area contributed by atoms with Crippen LogP contribution in [0, 0.1) is 0 Å². The van der Waals surface area contributed by atoms with E-state index in [0.717, 1.165) is 36.7 Å². The number of amides is 1. The van der Waals surface area contributed by atoms with Gasteiger partial charge < -0.3 is 14.4 Å². The number of pyridine rings is 1. The fourth-order valence-electron chi connectivity index (χ4n) is 3.01. The highest BCUT2D eigenvalue weighted by molar-refractivity contribution is 5.92. The Morgan fingerprint density at radius 2 is 1.88 bits per heavy atom. The molecule has 1 saturated heterocycles. The van der Waals surface area contributed by atoms with Crippen molar-refractivity contribution < 1.29 is 14.3 Å². The van der Waals surface area contributed by atoms with Crippen LogP contribution in [-0.2, 0) is 6.54 Å². The normalized spacial score (nSPS) is 15.0. The van der Waals surface area contributed by atoms with Gasteiger partial charge in [-0.15, -0.1) is 0 Å². The van der Waals surface area contributed by atoms with Crippen molar-refractivity contribution in [3.05, 3.63) is 53.9 Å². The second-order valence-electron chi connectivity index (χ2n) is 5.96. The first-order chi connectivity index (χ1) is 12.2. The molecular formula is C19H23N3O3. The summed E-state index contributed by atoms with van der Waals surface area (Å²) in [5, 5.41) is 0. The van der Waals surface area contributed by atoms with E-state index in [1.807, 2.05) is 35.2 Å². The summed E-state index contributed by atoms with van der Waals surface area (Å²) >= 11 is 0. The van der Waals surface area contributed by atoms with E-state index in [1.165, 1.54) is 0 Å². The van der Waals surface area contributed by atoms with Gasteiger partial charge in [0.15, 0.2) is 0 Å². The van der Waals surface area contributed by atoms with E-state index in [4.69, 9.17) is 9.47 Å². The van der Waals surface area contributed by atoms with Crippen molar-refractivity contribution in [2.75, 3.05) is 40.4 Å². The van der Waals surface area contributed by atoms with E-state index >= 15 is 0 Å². The summed E-state index contributed by atoms with van der Waals surface area (Å²) in [6, 6.07) is 11.2. The van der Waals surface area contributed by atoms with Crippen LogP contribution in [0.3, 0.4) is 0 Å². The molecule has 25 heavy (non-hydrogen) atoms. The Kier molecular flexibility index (Phi) is 5.50. The van der Waals surface area contributed by atoms with Crippen LogP contribution >= 0.6 is 0 Å². The molecule has 1 fully saturated rings. The predicted octanol–water partition coefficient (Wildman–Crippen LogP) is 2.06. The summed E-state index contributed by atoms with van der Waals surface area (Å²) in [6.07, 6.45) is 1.65. The van der Waals surface area contributed by atoms with E-state index in [0.29, 0.717) is 18.8 Å². The van der Waals surface area contributed by atoms with Gasteiger partial charge in [-0.25, -0.2) is 0 Å². The Morgan fingerprint density at radius 3 is 2.52 bits per heavy atom. The predicted molar refractivity (Wildman–Crippen MR) is 95.0 cm³/mol. The average Bonchev–Trinajstić information content (AvgIpc) is 2.68. The van der Waals surface area contributed by atoms with Crippen molar-refractivity contribution in [3.8, 4) is 11.5 Å². The molecule has 0 saturated carbocycles. The van der Waals surface area contributed by atoms with Crippen LogP contribution in [-0.4, -0.2) is 61.1 Å². The Labute approximate surface area is 148 Å². The van der Waals surface area contributed by atoms with Gasteiger partial charge in [0.25, 0.3) is 5.91 Å². The number of hydrogen-bond donors (Lipinski definition) is 0. The second-order valence-corrected chi connectivity index (χ2v) is 5.96. The number of methoxy groups -OCH3 is 2. The van der Waals surface area contributed by atoms with Gasteiger partial charge in [-0.2, -0.15) is 0 Å². The highest BCUT2D eigenvalue weighted by Crippen LogP contribution is 2.25. The van der Waals surface area contributed by atoms with Crippen LogP contribution in [0.5, 0.6) is 11.5 Å². The maximum Gasteiger partial charge on any atom is 0.272 e. The Bertz CT molecular complexity index is 713. The zero-order chi connectivity index (χ0) is 17.6. The number of aromatic nitrogens is 1. The fourth-order valence-corrected chi connectivity index (χ4v) is 3.01. The minimum atomic E-state index is -0.000731. The summed E-state index contributed by atoms with van der Waals surface area (Å²) in [5.41, 5.74) is 1.59. The molecule has 0 radical (unpaired) electrons. The summed E-state index contributed by atoms with van der Waals surface area (Å²) < 4.78 is 10.8. The number of ether oxygens (including phenoxy) is 2. The standard InChI is InChI=1S/C19H23N3O3/c1-24-16-6-7-18(25-2)15(13-16)14-21-9-11-22(12-10-21)19(23)17-5-3-4-8-20-17/h3-8,13H,9-12,14H2,1-2H3. The number of hydrogen-bond acceptors (Lipinski definition) is 5. The molecule has 0 aliphatic carbocycles. The van der Waals surface area contributed by atoms with Gasteiger partial charge in [0, 0.05) is 44.5 Å². The lowest BCUT2D eigenvalue weighted by Gasteiger charge is -2.34. The van der Waals surface area contributed by atoms with Crippen LogP contribution in [0.25, 0.3) is 0 Å². The fraction of sp³-hybridized carbons (Fsp3) is 0.368. The quantitative estimate of drug-likeness (QED) is 0.833. The number of benzene rings is 1. The molecule has 1 aliphatic rings. The highest BCUT2D eigenvalue weighted by Gasteiger charge is 2.23. The van der Waals surface area contributed by atoms with Crippen LogP contribution < -0.4 is 9.47 Å². The maximum absolute atomic E-state index is 12.5. The van der Waals surface area contributed by atoms with E-state index in [9.17, 15) is 4.79 Å². The van der Waals surface area contributed by atoms with Crippen LogP contribution in [0.2, 0.25) is 0 Å². The molecular weight excluding hydrogens is 318 g/mol. The molecule has 6 heteroatoms. The molecule has 0 atom stereocenters. The molecule has 2 aromatic rings. The van der Waals surface area contributed by atoms with Crippen molar-refractivity contribution in [1.82, 2.24) is 14.8 Å². The van der Waals surface area contributed by atoms with E-state index in [2.05, 4.69) is 9.88 Å². The van der Waals surface area contributed by atoms with Gasteiger partial charge in [-0.3, -0.25) is 14.7 Å². The molecule has 3 rings (SSSR count). The molecule has 6 nitrogen and oxygen atoms in total. The molecule has 0 spiro atoms. The van der Waals surface area contributed by atoms with Crippen molar-refractivity contribution in [2.45, 2.75) is 6.54 Å². The molecule has 1 aromatic heterocycles. The van der Waals surface area contributed by atoms with Gasteiger partial charge in [0.1, 0.15) is 17.2 Å². The summed E-state index contributed by atoms with van der Waals surface area (Å²) in [4.78, 5) is 20.8. The third kappa shape index (κ3) is 4.09. The van der Waals surface area contributed by atoms with Crippen molar-refractivity contribution in [3.63, 3.8) is 0 Å². The summed E-state index contributed by atoms with van der Waals surface area (Å²) in [7, 11) is 3.34. The molecule has 1 aliphatic heterocycles. The highest BCUT2D eigenvalue weighted by atomic mass is 16.5. The number of piperazine rings is 1. The number of carbonyl (C=O) groups is 1. The molecule has 2 heterocycles. The van der Waals surface area contributed by atoms with E-state index in [-0.39, 0.29) is 5.91 Å². The number of nitrogens with zero attached hydrogens (tertiary/aromatic N) is 3. The van der Waals surface area contributed by atoms with Crippen molar-refractivity contribution in [1.29, 1.82) is 0 Å². The zero-order valence-corrected chi connectivity index (χ0v) is 14.6. The molecule has 0 N–H and O–H groups in total. The molecule has 0 unspecified atom stereocenters. The van der Waals surface area contributed by atoms with Gasteiger partial charge in [0.05, 0.1) is 14.2 Å². The van der Waals surface area contributed by atoms with E-state index in [1.54, 1.807) is 26.5 Å². The van der Waals surface area contributed by atoms with Crippen LogP contribution in [0.15, 0.2) is 42.6 Å². The monoisotopic (exact) mass is 341 g/mol. The smallest absolute Gasteiger partial charge is 0.272 e. The SMILES string of the molecule is COc1ccc(OC)c(CN2CCN(C(=O)c3ccccn3)CC2)c1. The topological polar surface area (TPSA) is 54.9 Å². The lowest BCUT2D eigenvalue weighted by atomic mass is 10.1. The minimum Gasteiger partial charge on any atom is -0.497 e.